The number of hydrogen-bond acceptors (Lipinski definition) is 5. The first-order valence-corrected chi connectivity index (χ1v) is 12.3. The van der Waals surface area contributed by atoms with Crippen LogP contribution in [0.25, 0.3) is 20.8 Å². The number of rotatable bonds is 6. The van der Waals surface area contributed by atoms with Gasteiger partial charge in [-0.05, 0) is 48.4 Å². The van der Waals surface area contributed by atoms with E-state index in [0.29, 0.717) is 21.4 Å². The highest BCUT2D eigenvalue weighted by atomic mass is 32.1. The van der Waals surface area contributed by atoms with Crippen molar-refractivity contribution in [2.45, 2.75) is 19.8 Å². The molecule has 0 radical (unpaired) electrons. The van der Waals surface area contributed by atoms with Gasteiger partial charge >= 0.3 is 0 Å². The molecule has 0 spiro atoms. The minimum absolute atomic E-state index is 0.116. The molecule has 7 heteroatoms. The summed E-state index contributed by atoms with van der Waals surface area (Å²) in [5.74, 6) is -0.424. The predicted octanol–water partition coefficient (Wildman–Crippen LogP) is 7.03. The molecular weight excluding hydrogens is 453 g/mol. The topological polar surface area (TPSA) is 46.1 Å². The Morgan fingerprint density at radius 2 is 1.82 bits per heavy atom. The fraction of sp³-hybridized carbons (Fsp3) is 0.115. The number of para-hydroxylation sites is 1. The number of nitrogens with zero attached hydrogens (tertiary/aromatic N) is 3. The zero-order valence-corrected chi connectivity index (χ0v) is 19.5. The molecule has 164 valence electrons. The van der Waals surface area contributed by atoms with Gasteiger partial charge in [-0.3, -0.25) is 9.69 Å². The van der Waals surface area contributed by atoms with Gasteiger partial charge in [0.2, 0.25) is 5.91 Å². The van der Waals surface area contributed by atoms with E-state index in [4.69, 9.17) is 4.98 Å². The largest absolute Gasteiger partial charge is 0.274 e. The van der Waals surface area contributed by atoms with Crippen LogP contribution >= 0.6 is 22.7 Å². The summed E-state index contributed by atoms with van der Waals surface area (Å²) < 4.78 is 14.6. The second-order valence-corrected chi connectivity index (χ2v) is 9.41. The van der Waals surface area contributed by atoms with E-state index in [1.165, 1.54) is 40.4 Å². The van der Waals surface area contributed by atoms with Crippen molar-refractivity contribution < 1.29 is 9.18 Å². The van der Waals surface area contributed by atoms with Crippen molar-refractivity contribution in [3.05, 3.63) is 95.3 Å². The van der Waals surface area contributed by atoms with Crippen molar-refractivity contribution in [2.24, 2.45) is 0 Å². The van der Waals surface area contributed by atoms with Crippen LogP contribution < -0.4 is 4.90 Å². The van der Waals surface area contributed by atoms with Crippen LogP contribution in [0.4, 0.5) is 15.2 Å². The maximum absolute atomic E-state index is 13.6. The third-order valence-electron chi connectivity index (χ3n) is 5.28. The van der Waals surface area contributed by atoms with Gasteiger partial charge in [0.25, 0.3) is 0 Å². The molecule has 5 aromatic rings. The second kappa shape index (κ2) is 9.21. The zero-order valence-electron chi connectivity index (χ0n) is 17.9. The summed E-state index contributed by atoms with van der Waals surface area (Å²) >= 11 is 2.89. The average molecular weight is 474 g/mol. The summed E-state index contributed by atoms with van der Waals surface area (Å²) in [5, 5.41) is 3.18. The van der Waals surface area contributed by atoms with Gasteiger partial charge in [0, 0.05) is 10.9 Å². The number of thiazole rings is 2. The van der Waals surface area contributed by atoms with Gasteiger partial charge in [0.05, 0.1) is 28.0 Å². The molecule has 1 amide bonds. The molecule has 4 nitrogen and oxygen atoms in total. The van der Waals surface area contributed by atoms with E-state index >= 15 is 0 Å². The highest BCUT2D eigenvalue weighted by Crippen LogP contribution is 2.34. The molecule has 0 aliphatic carbocycles. The fourth-order valence-electron chi connectivity index (χ4n) is 3.57. The predicted molar refractivity (Wildman–Crippen MR) is 134 cm³/mol. The number of benzene rings is 3. The standard InChI is InChI=1S/C26H20FN3OS2/c1-2-17-10-12-21(13-11-17)30(26-29-22-8-3-4-9-23(22)33-26)24(31)15-20-16-32-25(28-20)18-6-5-7-19(27)14-18/h3-14,16H,2,15H2,1H3. The minimum atomic E-state index is -0.308. The molecule has 0 unspecified atom stereocenters. The van der Waals surface area contributed by atoms with Crippen LogP contribution in [0.1, 0.15) is 18.2 Å². The molecule has 0 N–H and O–H groups in total. The molecule has 0 aliphatic rings. The molecular formula is C26H20FN3OS2. The summed E-state index contributed by atoms with van der Waals surface area (Å²) in [4.78, 5) is 24.5. The normalized spacial score (nSPS) is 11.1. The molecule has 3 aromatic carbocycles. The number of aromatic nitrogens is 2. The number of halogens is 1. The van der Waals surface area contributed by atoms with E-state index in [1.807, 2.05) is 60.0 Å². The van der Waals surface area contributed by atoms with Crippen molar-refractivity contribution in [1.29, 1.82) is 0 Å². The van der Waals surface area contributed by atoms with Crippen LogP contribution in [0.2, 0.25) is 0 Å². The minimum Gasteiger partial charge on any atom is -0.274 e. The van der Waals surface area contributed by atoms with Gasteiger partial charge in [-0.2, -0.15) is 0 Å². The van der Waals surface area contributed by atoms with Crippen LogP contribution in [0.15, 0.2) is 78.2 Å². The SMILES string of the molecule is CCc1ccc(N(C(=O)Cc2csc(-c3cccc(F)c3)n2)c2nc3ccccc3s2)cc1. The number of carbonyl (C=O) groups excluding carboxylic acids is 1. The number of hydrogen-bond donors (Lipinski definition) is 0. The quantitative estimate of drug-likeness (QED) is 0.266. The Kier molecular flexibility index (Phi) is 5.98. The van der Waals surface area contributed by atoms with Gasteiger partial charge in [0.15, 0.2) is 5.13 Å². The number of fused-ring (bicyclic) bond motifs is 1. The Bertz CT molecular complexity index is 1390. The molecule has 0 bridgehead atoms. The molecule has 2 aromatic heterocycles. The van der Waals surface area contributed by atoms with Crippen molar-refractivity contribution >= 4 is 49.6 Å². The zero-order chi connectivity index (χ0) is 22.8. The lowest BCUT2D eigenvalue weighted by Crippen LogP contribution is -2.27. The monoisotopic (exact) mass is 473 g/mol. The van der Waals surface area contributed by atoms with Crippen LogP contribution in [-0.2, 0) is 17.6 Å². The highest BCUT2D eigenvalue weighted by molar-refractivity contribution is 7.22. The highest BCUT2D eigenvalue weighted by Gasteiger charge is 2.23. The summed E-state index contributed by atoms with van der Waals surface area (Å²) in [6, 6.07) is 22.2. The van der Waals surface area contributed by atoms with E-state index in [9.17, 15) is 9.18 Å². The van der Waals surface area contributed by atoms with E-state index in [2.05, 4.69) is 11.9 Å². The molecule has 33 heavy (non-hydrogen) atoms. The lowest BCUT2D eigenvalue weighted by atomic mass is 10.1. The maximum Gasteiger partial charge on any atom is 0.239 e. The van der Waals surface area contributed by atoms with Gasteiger partial charge in [0.1, 0.15) is 10.8 Å². The van der Waals surface area contributed by atoms with Crippen molar-refractivity contribution in [2.75, 3.05) is 4.90 Å². The third kappa shape index (κ3) is 4.55. The smallest absolute Gasteiger partial charge is 0.239 e. The van der Waals surface area contributed by atoms with E-state index in [0.717, 1.165) is 22.3 Å². The Hall–Kier alpha value is -3.42. The number of carbonyl (C=O) groups is 1. The van der Waals surface area contributed by atoms with Crippen LogP contribution in [0.5, 0.6) is 0 Å². The van der Waals surface area contributed by atoms with Gasteiger partial charge in [-0.25, -0.2) is 14.4 Å². The summed E-state index contributed by atoms with van der Waals surface area (Å²) in [7, 11) is 0. The molecule has 0 saturated carbocycles. The molecule has 0 atom stereocenters. The van der Waals surface area contributed by atoms with Crippen LogP contribution in [0, 0.1) is 5.82 Å². The van der Waals surface area contributed by atoms with E-state index in [-0.39, 0.29) is 18.1 Å². The van der Waals surface area contributed by atoms with Gasteiger partial charge in [-0.1, -0.05) is 54.7 Å². The average Bonchev–Trinajstić information content (AvgIpc) is 3.47. The first kappa shape index (κ1) is 21.4. The van der Waals surface area contributed by atoms with Gasteiger partial charge in [-0.15, -0.1) is 11.3 Å². The van der Waals surface area contributed by atoms with Gasteiger partial charge < -0.3 is 0 Å². The Balaban J connectivity index is 1.47. The lowest BCUT2D eigenvalue weighted by Gasteiger charge is -2.20. The van der Waals surface area contributed by atoms with Crippen molar-refractivity contribution in [3.8, 4) is 10.6 Å². The number of anilines is 2. The summed E-state index contributed by atoms with van der Waals surface area (Å²) in [5.41, 5.74) is 4.20. The van der Waals surface area contributed by atoms with Crippen molar-refractivity contribution in [1.82, 2.24) is 9.97 Å². The Morgan fingerprint density at radius 3 is 2.58 bits per heavy atom. The molecule has 2 heterocycles. The van der Waals surface area contributed by atoms with Crippen LogP contribution in [0.3, 0.4) is 0 Å². The first-order valence-electron chi connectivity index (χ1n) is 10.6. The van der Waals surface area contributed by atoms with Crippen molar-refractivity contribution in [3.63, 3.8) is 0 Å². The summed E-state index contributed by atoms with van der Waals surface area (Å²) in [6.07, 6.45) is 1.05. The molecule has 5 rings (SSSR count). The molecule has 0 aliphatic heterocycles. The number of aryl methyl sites for hydroxylation is 1. The third-order valence-corrected chi connectivity index (χ3v) is 7.24. The fourth-order valence-corrected chi connectivity index (χ4v) is 5.39. The van der Waals surface area contributed by atoms with E-state index < -0.39 is 0 Å². The second-order valence-electron chi connectivity index (χ2n) is 7.54. The van der Waals surface area contributed by atoms with E-state index in [1.54, 1.807) is 11.0 Å². The molecule has 0 fully saturated rings. The summed E-state index contributed by atoms with van der Waals surface area (Å²) in [6.45, 7) is 2.10. The van der Waals surface area contributed by atoms with Crippen LogP contribution in [-0.4, -0.2) is 15.9 Å². The number of amides is 1. The Labute approximate surface area is 199 Å². The Morgan fingerprint density at radius 1 is 1.00 bits per heavy atom. The first-order chi connectivity index (χ1) is 16.1. The lowest BCUT2D eigenvalue weighted by molar-refractivity contribution is -0.117. The molecule has 0 saturated heterocycles. The maximum atomic E-state index is 13.6.